The summed E-state index contributed by atoms with van der Waals surface area (Å²) in [5.74, 6) is 0.562. The quantitative estimate of drug-likeness (QED) is 0.816. The highest BCUT2D eigenvalue weighted by Gasteiger charge is 2.32. The molecule has 1 saturated carbocycles. The van der Waals surface area contributed by atoms with Gasteiger partial charge in [-0.1, -0.05) is 30.3 Å². The molecule has 0 radical (unpaired) electrons. The maximum Gasteiger partial charge on any atom is 0.227 e. The summed E-state index contributed by atoms with van der Waals surface area (Å²) in [7, 11) is 1.61. The Balaban J connectivity index is 1.73. The first-order chi connectivity index (χ1) is 11.2. The number of methoxy groups -OCH3 is 1. The summed E-state index contributed by atoms with van der Waals surface area (Å²) in [5.41, 5.74) is 1.84. The van der Waals surface area contributed by atoms with Crippen molar-refractivity contribution in [2.45, 2.75) is 31.8 Å². The number of amides is 1. The number of para-hydroxylation sites is 1. The van der Waals surface area contributed by atoms with Crippen LogP contribution in [-0.4, -0.2) is 24.0 Å². The maximum atomic E-state index is 13.0. The van der Waals surface area contributed by atoms with Crippen LogP contribution in [0, 0.1) is 5.82 Å². The van der Waals surface area contributed by atoms with Crippen molar-refractivity contribution >= 4 is 5.91 Å². The van der Waals surface area contributed by atoms with E-state index < -0.39 is 0 Å². The lowest BCUT2D eigenvalue weighted by Crippen LogP contribution is -2.33. The summed E-state index contributed by atoms with van der Waals surface area (Å²) >= 11 is 0. The molecule has 0 unspecified atom stereocenters. The van der Waals surface area contributed by atoms with E-state index in [9.17, 15) is 9.18 Å². The molecule has 1 aliphatic carbocycles. The Morgan fingerprint density at radius 1 is 1.17 bits per heavy atom. The summed E-state index contributed by atoms with van der Waals surface area (Å²) in [6.45, 7) is 0.527. The average Bonchev–Trinajstić information content (AvgIpc) is 3.39. The Bertz CT molecular complexity index is 680. The fourth-order valence-electron chi connectivity index (χ4n) is 2.71. The van der Waals surface area contributed by atoms with Crippen LogP contribution in [0.3, 0.4) is 0 Å². The second-order valence-electron chi connectivity index (χ2n) is 5.87. The monoisotopic (exact) mass is 313 g/mol. The minimum atomic E-state index is -0.257. The molecule has 0 heterocycles. The zero-order valence-electron chi connectivity index (χ0n) is 13.2. The molecule has 1 fully saturated rings. The lowest BCUT2D eigenvalue weighted by atomic mass is 10.1. The number of ether oxygens (including phenoxy) is 1. The molecular formula is C19H20FNO2. The van der Waals surface area contributed by atoms with Gasteiger partial charge in [-0.2, -0.15) is 0 Å². The zero-order chi connectivity index (χ0) is 16.2. The van der Waals surface area contributed by atoms with E-state index in [0.29, 0.717) is 19.0 Å². The molecule has 4 heteroatoms. The second kappa shape index (κ2) is 6.82. The van der Waals surface area contributed by atoms with Gasteiger partial charge in [-0.05, 0) is 36.6 Å². The Hall–Kier alpha value is -2.36. The summed E-state index contributed by atoms with van der Waals surface area (Å²) in [6.07, 6.45) is 2.40. The van der Waals surface area contributed by atoms with Gasteiger partial charge in [0.2, 0.25) is 5.91 Å². The van der Waals surface area contributed by atoms with Crippen LogP contribution in [0.25, 0.3) is 0 Å². The number of rotatable bonds is 6. The van der Waals surface area contributed by atoms with Gasteiger partial charge >= 0.3 is 0 Å². The number of hydrogen-bond donors (Lipinski definition) is 0. The molecule has 1 amide bonds. The highest BCUT2D eigenvalue weighted by Crippen LogP contribution is 2.30. The molecule has 3 nitrogen and oxygen atoms in total. The zero-order valence-corrected chi connectivity index (χ0v) is 13.2. The molecule has 0 atom stereocenters. The number of halogens is 1. The minimum Gasteiger partial charge on any atom is -0.496 e. The summed E-state index contributed by atoms with van der Waals surface area (Å²) in [4.78, 5) is 14.6. The first-order valence-corrected chi connectivity index (χ1v) is 7.83. The van der Waals surface area contributed by atoms with E-state index in [2.05, 4.69) is 0 Å². The fraction of sp³-hybridized carbons (Fsp3) is 0.316. The number of carbonyl (C=O) groups is 1. The van der Waals surface area contributed by atoms with Crippen molar-refractivity contribution in [3.8, 4) is 5.75 Å². The molecule has 0 saturated heterocycles. The van der Waals surface area contributed by atoms with Gasteiger partial charge in [0.15, 0.2) is 0 Å². The van der Waals surface area contributed by atoms with E-state index in [-0.39, 0.29) is 11.7 Å². The largest absolute Gasteiger partial charge is 0.496 e. The number of carbonyl (C=O) groups excluding carboxylic acids is 1. The van der Waals surface area contributed by atoms with Crippen molar-refractivity contribution in [2.24, 2.45) is 0 Å². The van der Waals surface area contributed by atoms with Gasteiger partial charge in [-0.3, -0.25) is 4.79 Å². The van der Waals surface area contributed by atoms with Crippen LogP contribution >= 0.6 is 0 Å². The Morgan fingerprint density at radius 2 is 1.87 bits per heavy atom. The van der Waals surface area contributed by atoms with Crippen molar-refractivity contribution in [1.29, 1.82) is 0 Å². The molecule has 0 aliphatic heterocycles. The summed E-state index contributed by atoms with van der Waals surface area (Å²) in [5, 5.41) is 0. The Labute approximate surface area is 135 Å². The standard InChI is InChI=1S/C19H20FNO2/c1-23-18-5-3-2-4-15(18)12-19(22)21(17-10-11-17)13-14-6-8-16(20)9-7-14/h2-9,17H,10-13H2,1H3. The lowest BCUT2D eigenvalue weighted by molar-refractivity contribution is -0.131. The topological polar surface area (TPSA) is 29.5 Å². The highest BCUT2D eigenvalue weighted by atomic mass is 19.1. The molecule has 3 rings (SSSR count). The third kappa shape index (κ3) is 3.89. The normalized spacial score (nSPS) is 13.7. The number of nitrogens with zero attached hydrogens (tertiary/aromatic N) is 1. The van der Waals surface area contributed by atoms with E-state index in [1.54, 1.807) is 19.2 Å². The number of hydrogen-bond acceptors (Lipinski definition) is 2. The molecule has 2 aromatic carbocycles. The van der Waals surface area contributed by atoms with Gasteiger partial charge in [0.05, 0.1) is 13.5 Å². The first-order valence-electron chi connectivity index (χ1n) is 7.83. The molecule has 0 spiro atoms. The Morgan fingerprint density at radius 3 is 2.52 bits per heavy atom. The van der Waals surface area contributed by atoms with E-state index in [0.717, 1.165) is 29.7 Å². The smallest absolute Gasteiger partial charge is 0.227 e. The van der Waals surface area contributed by atoms with Gasteiger partial charge in [-0.15, -0.1) is 0 Å². The molecule has 0 aromatic heterocycles. The summed E-state index contributed by atoms with van der Waals surface area (Å²) in [6, 6.07) is 14.2. The first kappa shape index (κ1) is 15.5. The van der Waals surface area contributed by atoms with Crippen LogP contribution in [0.15, 0.2) is 48.5 Å². The van der Waals surface area contributed by atoms with Crippen LogP contribution in [0.1, 0.15) is 24.0 Å². The molecule has 0 N–H and O–H groups in total. The predicted octanol–water partition coefficient (Wildman–Crippen LogP) is 3.57. The van der Waals surface area contributed by atoms with Crippen molar-refractivity contribution in [2.75, 3.05) is 7.11 Å². The maximum absolute atomic E-state index is 13.0. The number of benzene rings is 2. The molecule has 120 valence electrons. The van der Waals surface area contributed by atoms with Crippen LogP contribution in [-0.2, 0) is 17.8 Å². The highest BCUT2D eigenvalue weighted by molar-refractivity contribution is 5.80. The lowest BCUT2D eigenvalue weighted by Gasteiger charge is -2.23. The van der Waals surface area contributed by atoms with Crippen LogP contribution in [0.5, 0.6) is 5.75 Å². The fourth-order valence-corrected chi connectivity index (χ4v) is 2.71. The molecule has 0 bridgehead atoms. The Kier molecular flexibility index (Phi) is 4.60. The van der Waals surface area contributed by atoms with Crippen molar-refractivity contribution in [1.82, 2.24) is 4.90 Å². The van der Waals surface area contributed by atoms with E-state index in [1.165, 1.54) is 12.1 Å². The average molecular weight is 313 g/mol. The van der Waals surface area contributed by atoms with Gasteiger partial charge in [0.1, 0.15) is 11.6 Å². The second-order valence-corrected chi connectivity index (χ2v) is 5.87. The van der Waals surface area contributed by atoms with Crippen LogP contribution in [0.4, 0.5) is 4.39 Å². The van der Waals surface area contributed by atoms with Crippen molar-refractivity contribution in [3.63, 3.8) is 0 Å². The van der Waals surface area contributed by atoms with Gasteiger partial charge in [0, 0.05) is 18.2 Å². The third-order valence-electron chi connectivity index (χ3n) is 4.11. The van der Waals surface area contributed by atoms with Crippen molar-refractivity contribution in [3.05, 3.63) is 65.5 Å². The van der Waals surface area contributed by atoms with E-state index >= 15 is 0 Å². The SMILES string of the molecule is COc1ccccc1CC(=O)N(Cc1ccc(F)cc1)C1CC1. The van der Waals surface area contributed by atoms with Gasteiger partial charge in [0.25, 0.3) is 0 Å². The van der Waals surface area contributed by atoms with Gasteiger partial charge < -0.3 is 9.64 Å². The molecular weight excluding hydrogens is 293 g/mol. The molecule has 1 aliphatic rings. The van der Waals surface area contributed by atoms with Crippen molar-refractivity contribution < 1.29 is 13.9 Å². The van der Waals surface area contributed by atoms with E-state index in [4.69, 9.17) is 4.74 Å². The van der Waals surface area contributed by atoms with Gasteiger partial charge in [-0.25, -0.2) is 4.39 Å². The summed E-state index contributed by atoms with van der Waals surface area (Å²) < 4.78 is 18.4. The molecule has 2 aromatic rings. The minimum absolute atomic E-state index is 0.0846. The van der Waals surface area contributed by atoms with Crippen LogP contribution < -0.4 is 4.74 Å². The van der Waals surface area contributed by atoms with Crippen LogP contribution in [0.2, 0.25) is 0 Å². The predicted molar refractivity (Wildman–Crippen MR) is 86.7 cm³/mol. The third-order valence-corrected chi connectivity index (χ3v) is 4.11. The van der Waals surface area contributed by atoms with E-state index in [1.807, 2.05) is 29.2 Å². The molecule has 23 heavy (non-hydrogen) atoms.